The zero-order chi connectivity index (χ0) is 16.5. The van der Waals surface area contributed by atoms with E-state index in [1.807, 2.05) is 6.07 Å². The minimum Gasteiger partial charge on any atom is -0.369 e. The number of fused-ring (bicyclic) bond motifs is 1. The number of hydrogen-bond acceptors (Lipinski definition) is 5. The number of nitrogens with two attached hydrogens (primary N) is 1. The summed E-state index contributed by atoms with van der Waals surface area (Å²) in [4.78, 5) is 18.0. The molecular weight excluding hydrogens is 304 g/mol. The fourth-order valence-corrected chi connectivity index (χ4v) is 3.09. The molecule has 0 bridgehead atoms. The summed E-state index contributed by atoms with van der Waals surface area (Å²) in [5, 5.41) is 7.58. The van der Waals surface area contributed by atoms with E-state index in [0.717, 1.165) is 37.4 Å². The molecule has 7 nitrogen and oxygen atoms in total. The Hall–Kier alpha value is -2.93. The molecule has 1 fully saturated rings. The number of amides is 1. The molecule has 1 aromatic carbocycles. The SMILES string of the molecule is NC(=O)c1ccc(-c2ccc(N3CCNCC3)cc2)n2ncnc12. The Balaban J connectivity index is 1.71. The average molecular weight is 322 g/mol. The van der Waals surface area contributed by atoms with Crippen LogP contribution in [-0.4, -0.2) is 46.7 Å². The van der Waals surface area contributed by atoms with Crippen molar-refractivity contribution in [1.29, 1.82) is 0 Å². The van der Waals surface area contributed by atoms with Crippen molar-refractivity contribution in [2.24, 2.45) is 5.73 Å². The number of aromatic nitrogens is 3. The van der Waals surface area contributed by atoms with Crippen LogP contribution in [-0.2, 0) is 0 Å². The van der Waals surface area contributed by atoms with Crippen molar-refractivity contribution < 1.29 is 4.79 Å². The van der Waals surface area contributed by atoms with Gasteiger partial charge in [0.2, 0.25) is 0 Å². The molecule has 1 amide bonds. The van der Waals surface area contributed by atoms with Gasteiger partial charge in [-0.2, -0.15) is 5.10 Å². The Bertz CT molecular complexity index is 880. The maximum Gasteiger partial charge on any atom is 0.252 e. The highest BCUT2D eigenvalue weighted by Gasteiger charge is 2.14. The lowest BCUT2D eigenvalue weighted by molar-refractivity contribution is 0.100. The number of primary amides is 1. The lowest BCUT2D eigenvalue weighted by Crippen LogP contribution is -2.43. The first-order valence-electron chi connectivity index (χ1n) is 7.93. The summed E-state index contributed by atoms with van der Waals surface area (Å²) in [5.41, 5.74) is 9.35. The Morgan fingerprint density at radius 1 is 1.08 bits per heavy atom. The van der Waals surface area contributed by atoms with Gasteiger partial charge in [-0.25, -0.2) is 9.50 Å². The number of nitrogens with zero attached hydrogens (tertiary/aromatic N) is 4. The van der Waals surface area contributed by atoms with Crippen molar-refractivity contribution in [3.8, 4) is 11.3 Å². The predicted octanol–water partition coefficient (Wildman–Crippen LogP) is 0.905. The van der Waals surface area contributed by atoms with Gasteiger partial charge >= 0.3 is 0 Å². The standard InChI is InChI=1S/C17H18N6O/c18-16(24)14-5-6-15(23-17(14)20-11-21-23)12-1-3-13(4-2-12)22-9-7-19-8-10-22/h1-6,11,19H,7-10H2,(H2,18,24). The van der Waals surface area contributed by atoms with Crippen molar-refractivity contribution in [3.63, 3.8) is 0 Å². The first-order chi connectivity index (χ1) is 11.7. The molecule has 4 rings (SSSR count). The first-order valence-corrected chi connectivity index (χ1v) is 7.93. The molecule has 1 aliphatic rings. The van der Waals surface area contributed by atoms with E-state index in [1.165, 1.54) is 12.0 Å². The third-order valence-corrected chi connectivity index (χ3v) is 4.34. The summed E-state index contributed by atoms with van der Waals surface area (Å²) in [6.07, 6.45) is 1.43. The maximum atomic E-state index is 11.5. The summed E-state index contributed by atoms with van der Waals surface area (Å²) >= 11 is 0. The van der Waals surface area contributed by atoms with E-state index in [2.05, 4.69) is 44.6 Å². The number of carbonyl (C=O) groups is 1. The third kappa shape index (κ3) is 2.48. The molecular formula is C17H18N6O. The smallest absolute Gasteiger partial charge is 0.252 e. The lowest BCUT2D eigenvalue weighted by atomic mass is 10.1. The molecule has 122 valence electrons. The maximum absolute atomic E-state index is 11.5. The molecule has 0 spiro atoms. The molecule has 3 heterocycles. The molecule has 1 saturated heterocycles. The van der Waals surface area contributed by atoms with Crippen LogP contribution in [0.3, 0.4) is 0 Å². The number of nitrogens with one attached hydrogen (secondary N) is 1. The Kier molecular flexibility index (Phi) is 3.62. The number of carbonyl (C=O) groups excluding carboxylic acids is 1. The second-order valence-electron chi connectivity index (χ2n) is 5.78. The zero-order valence-corrected chi connectivity index (χ0v) is 13.1. The van der Waals surface area contributed by atoms with Crippen LogP contribution in [0.15, 0.2) is 42.7 Å². The molecule has 0 aliphatic carbocycles. The second-order valence-corrected chi connectivity index (χ2v) is 5.78. The number of pyridine rings is 1. The summed E-state index contributed by atoms with van der Waals surface area (Å²) in [6, 6.07) is 11.9. The van der Waals surface area contributed by atoms with Gasteiger partial charge in [0.1, 0.15) is 6.33 Å². The largest absolute Gasteiger partial charge is 0.369 e. The van der Waals surface area contributed by atoms with E-state index < -0.39 is 5.91 Å². The molecule has 0 atom stereocenters. The molecule has 3 N–H and O–H groups in total. The number of rotatable bonds is 3. The topological polar surface area (TPSA) is 88.6 Å². The van der Waals surface area contributed by atoms with Crippen LogP contribution >= 0.6 is 0 Å². The predicted molar refractivity (Wildman–Crippen MR) is 92.0 cm³/mol. The second kappa shape index (κ2) is 5.93. The van der Waals surface area contributed by atoms with E-state index in [1.54, 1.807) is 10.6 Å². The Morgan fingerprint density at radius 2 is 1.83 bits per heavy atom. The molecule has 24 heavy (non-hydrogen) atoms. The number of anilines is 1. The van der Waals surface area contributed by atoms with Crippen molar-refractivity contribution in [2.75, 3.05) is 31.1 Å². The third-order valence-electron chi connectivity index (χ3n) is 4.34. The van der Waals surface area contributed by atoms with Gasteiger partial charge in [-0.15, -0.1) is 0 Å². The quantitative estimate of drug-likeness (QED) is 0.748. The van der Waals surface area contributed by atoms with Gasteiger partial charge in [-0.05, 0) is 24.3 Å². The summed E-state index contributed by atoms with van der Waals surface area (Å²) in [7, 11) is 0. The van der Waals surface area contributed by atoms with Gasteiger partial charge in [0.15, 0.2) is 5.65 Å². The fourth-order valence-electron chi connectivity index (χ4n) is 3.09. The molecule has 0 unspecified atom stereocenters. The summed E-state index contributed by atoms with van der Waals surface area (Å²) < 4.78 is 1.65. The molecule has 0 saturated carbocycles. The molecule has 3 aromatic rings. The van der Waals surface area contributed by atoms with Crippen molar-refractivity contribution in [2.45, 2.75) is 0 Å². The van der Waals surface area contributed by atoms with Gasteiger partial charge < -0.3 is 16.0 Å². The highest BCUT2D eigenvalue weighted by atomic mass is 16.1. The molecule has 2 aromatic heterocycles. The van der Waals surface area contributed by atoms with Crippen LogP contribution in [0, 0.1) is 0 Å². The van der Waals surface area contributed by atoms with Gasteiger partial charge in [-0.3, -0.25) is 4.79 Å². The van der Waals surface area contributed by atoms with E-state index in [9.17, 15) is 4.79 Å². The number of hydrogen-bond donors (Lipinski definition) is 2. The lowest BCUT2D eigenvalue weighted by Gasteiger charge is -2.29. The van der Waals surface area contributed by atoms with Crippen LogP contribution < -0.4 is 16.0 Å². The fraction of sp³-hybridized carbons (Fsp3) is 0.235. The molecule has 1 aliphatic heterocycles. The van der Waals surface area contributed by atoms with E-state index in [-0.39, 0.29) is 0 Å². The monoisotopic (exact) mass is 322 g/mol. The minimum absolute atomic E-state index is 0.369. The van der Waals surface area contributed by atoms with Crippen LogP contribution in [0.25, 0.3) is 16.9 Å². The van der Waals surface area contributed by atoms with Crippen LogP contribution in [0.4, 0.5) is 5.69 Å². The highest BCUT2D eigenvalue weighted by molar-refractivity contribution is 5.99. The first kappa shape index (κ1) is 14.6. The van der Waals surface area contributed by atoms with Crippen molar-refractivity contribution in [1.82, 2.24) is 19.9 Å². The minimum atomic E-state index is -0.506. The van der Waals surface area contributed by atoms with Crippen molar-refractivity contribution in [3.05, 3.63) is 48.3 Å². The summed E-state index contributed by atoms with van der Waals surface area (Å²) in [5.74, 6) is -0.506. The number of benzene rings is 1. The van der Waals surface area contributed by atoms with Gasteiger partial charge in [0.05, 0.1) is 11.3 Å². The van der Waals surface area contributed by atoms with Crippen LogP contribution in [0.2, 0.25) is 0 Å². The van der Waals surface area contributed by atoms with Crippen LogP contribution in [0.1, 0.15) is 10.4 Å². The van der Waals surface area contributed by atoms with Gasteiger partial charge in [0, 0.05) is 37.4 Å². The van der Waals surface area contributed by atoms with E-state index in [0.29, 0.717) is 11.2 Å². The normalized spacial score (nSPS) is 14.9. The van der Waals surface area contributed by atoms with E-state index in [4.69, 9.17) is 5.73 Å². The molecule has 7 heteroatoms. The highest BCUT2D eigenvalue weighted by Crippen LogP contribution is 2.25. The van der Waals surface area contributed by atoms with Gasteiger partial charge in [-0.1, -0.05) is 12.1 Å². The van der Waals surface area contributed by atoms with Crippen LogP contribution in [0.5, 0.6) is 0 Å². The number of piperazine rings is 1. The van der Waals surface area contributed by atoms with E-state index >= 15 is 0 Å². The molecule has 0 radical (unpaired) electrons. The van der Waals surface area contributed by atoms with Crippen molar-refractivity contribution >= 4 is 17.2 Å². The Morgan fingerprint density at radius 3 is 2.54 bits per heavy atom. The average Bonchev–Trinajstić information content (AvgIpc) is 3.11. The van der Waals surface area contributed by atoms with Gasteiger partial charge in [0.25, 0.3) is 5.91 Å². The zero-order valence-electron chi connectivity index (χ0n) is 13.1. The summed E-state index contributed by atoms with van der Waals surface area (Å²) in [6.45, 7) is 4.05. The Labute approximate surface area is 139 Å².